The normalized spacial score (nSPS) is 25.1. The summed E-state index contributed by atoms with van der Waals surface area (Å²) in [6, 6.07) is 8.39. The first kappa shape index (κ1) is 15.5. The Kier molecular flexibility index (Phi) is 4.55. The fourth-order valence-electron chi connectivity index (χ4n) is 3.10. The molecular weight excluding hydrogens is 318 g/mol. The van der Waals surface area contributed by atoms with Crippen LogP contribution in [0.1, 0.15) is 38.8 Å². The SMILES string of the molecule is CC(c1ccccc1Br)N1CCC(C(=O)O)(C(C)C)C1. The number of nitrogens with zero attached hydrogens (tertiary/aromatic N) is 1. The molecule has 2 rings (SSSR count). The molecule has 20 heavy (non-hydrogen) atoms. The van der Waals surface area contributed by atoms with Crippen LogP contribution in [0.2, 0.25) is 0 Å². The van der Waals surface area contributed by atoms with Gasteiger partial charge in [0.1, 0.15) is 0 Å². The molecule has 1 aliphatic rings. The monoisotopic (exact) mass is 339 g/mol. The van der Waals surface area contributed by atoms with E-state index in [-0.39, 0.29) is 12.0 Å². The van der Waals surface area contributed by atoms with Gasteiger partial charge in [-0.3, -0.25) is 9.69 Å². The van der Waals surface area contributed by atoms with E-state index in [9.17, 15) is 9.90 Å². The van der Waals surface area contributed by atoms with Crippen LogP contribution < -0.4 is 0 Å². The number of carboxylic acids is 1. The summed E-state index contributed by atoms with van der Waals surface area (Å²) >= 11 is 3.59. The first-order valence-corrected chi connectivity index (χ1v) is 7.89. The van der Waals surface area contributed by atoms with Gasteiger partial charge in [0.05, 0.1) is 5.41 Å². The molecule has 3 nitrogen and oxygen atoms in total. The van der Waals surface area contributed by atoms with Crippen molar-refractivity contribution in [2.24, 2.45) is 11.3 Å². The number of aliphatic carboxylic acids is 1. The molecule has 1 aliphatic heterocycles. The smallest absolute Gasteiger partial charge is 0.311 e. The summed E-state index contributed by atoms with van der Waals surface area (Å²) in [5.74, 6) is -0.509. The lowest BCUT2D eigenvalue weighted by Gasteiger charge is -2.31. The highest BCUT2D eigenvalue weighted by Gasteiger charge is 2.48. The maximum absolute atomic E-state index is 11.7. The third-order valence-corrected chi connectivity index (χ3v) is 5.49. The Balaban J connectivity index is 2.21. The fraction of sp³-hybridized carbons (Fsp3) is 0.562. The number of halogens is 1. The zero-order chi connectivity index (χ0) is 14.9. The highest BCUT2D eigenvalue weighted by Crippen LogP contribution is 2.42. The van der Waals surface area contributed by atoms with Gasteiger partial charge in [0.2, 0.25) is 0 Å². The predicted molar refractivity (Wildman–Crippen MR) is 83.7 cm³/mol. The average Bonchev–Trinajstić information content (AvgIpc) is 2.85. The highest BCUT2D eigenvalue weighted by molar-refractivity contribution is 9.10. The van der Waals surface area contributed by atoms with E-state index in [4.69, 9.17) is 0 Å². The van der Waals surface area contributed by atoms with Crippen molar-refractivity contribution in [3.05, 3.63) is 34.3 Å². The topological polar surface area (TPSA) is 40.5 Å². The van der Waals surface area contributed by atoms with Crippen LogP contribution in [-0.2, 0) is 4.79 Å². The Labute approximate surface area is 129 Å². The molecule has 0 amide bonds. The minimum Gasteiger partial charge on any atom is -0.481 e. The lowest BCUT2D eigenvalue weighted by Crippen LogP contribution is -2.39. The van der Waals surface area contributed by atoms with Crippen LogP contribution in [0.25, 0.3) is 0 Å². The number of hydrogen-bond acceptors (Lipinski definition) is 2. The summed E-state index contributed by atoms with van der Waals surface area (Å²) in [7, 11) is 0. The van der Waals surface area contributed by atoms with Crippen LogP contribution in [0.5, 0.6) is 0 Å². The fourth-order valence-corrected chi connectivity index (χ4v) is 3.71. The number of carbonyl (C=O) groups is 1. The molecule has 110 valence electrons. The molecule has 0 radical (unpaired) electrons. The van der Waals surface area contributed by atoms with Gasteiger partial charge in [0.25, 0.3) is 0 Å². The molecule has 0 aromatic heterocycles. The van der Waals surface area contributed by atoms with Crippen LogP contribution >= 0.6 is 15.9 Å². The predicted octanol–water partition coefficient (Wildman–Crippen LogP) is 3.94. The molecule has 2 unspecified atom stereocenters. The molecule has 4 heteroatoms. The number of benzene rings is 1. The van der Waals surface area contributed by atoms with E-state index in [1.165, 1.54) is 5.56 Å². The molecule has 1 heterocycles. The molecule has 1 saturated heterocycles. The van der Waals surface area contributed by atoms with Gasteiger partial charge in [-0.1, -0.05) is 48.0 Å². The van der Waals surface area contributed by atoms with Crippen molar-refractivity contribution in [3.8, 4) is 0 Å². The standard InChI is InChI=1S/C16H22BrNO2/c1-11(2)16(15(19)20)8-9-18(10-16)12(3)13-6-4-5-7-14(13)17/h4-7,11-12H,8-10H2,1-3H3,(H,19,20). The van der Waals surface area contributed by atoms with Crippen molar-refractivity contribution in [1.82, 2.24) is 4.90 Å². The van der Waals surface area contributed by atoms with E-state index in [1.807, 2.05) is 32.0 Å². The van der Waals surface area contributed by atoms with E-state index in [0.29, 0.717) is 6.54 Å². The van der Waals surface area contributed by atoms with E-state index < -0.39 is 11.4 Å². The first-order chi connectivity index (χ1) is 9.38. The average molecular weight is 340 g/mol. The van der Waals surface area contributed by atoms with Gasteiger partial charge in [-0.25, -0.2) is 0 Å². The quantitative estimate of drug-likeness (QED) is 0.902. The zero-order valence-electron chi connectivity index (χ0n) is 12.3. The number of hydrogen-bond donors (Lipinski definition) is 1. The molecule has 0 saturated carbocycles. The summed E-state index contributed by atoms with van der Waals surface area (Å²) in [5, 5.41) is 9.62. The summed E-state index contributed by atoms with van der Waals surface area (Å²) in [6.07, 6.45) is 0.731. The Morgan fingerprint density at radius 1 is 1.35 bits per heavy atom. The number of carboxylic acid groups (broad SMARTS) is 1. The zero-order valence-corrected chi connectivity index (χ0v) is 13.9. The number of rotatable bonds is 4. The molecule has 1 aromatic rings. The van der Waals surface area contributed by atoms with Crippen molar-refractivity contribution in [1.29, 1.82) is 0 Å². The molecular formula is C16H22BrNO2. The van der Waals surface area contributed by atoms with E-state index in [2.05, 4.69) is 33.8 Å². The van der Waals surface area contributed by atoms with E-state index >= 15 is 0 Å². The van der Waals surface area contributed by atoms with Crippen molar-refractivity contribution < 1.29 is 9.90 Å². The molecule has 1 fully saturated rings. The summed E-state index contributed by atoms with van der Waals surface area (Å²) in [6.45, 7) is 7.65. The van der Waals surface area contributed by atoms with Crippen LogP contribution in [-0.4, -0.2) is 29.1 Å². The Morgan fingerprint density at radius 3 is 2.50 bits per heavy atom. The Morgan fingerprint density at radius 2 is 2.00 bits per heavy atom. The van der Waals surface area contributed by atoms with Crippen molar-refractivity contribution in [2.45, 2.75) is 33.2 Å². The summed E-state index contributed by atoms with van der Waals surface area (Å²) < 4.78 is 1.09. The second-order valence-corrected chi connectivity index (χ2v) is 6.89. The Bertz CT molecular complexity index is 503. The van der Waals surface area contributed by atoms with E-state index in [1.54, 1.807) is 0 Å². The molecule has 1 aromatic carbocycles. The lowest BCUT2D eigenvalue weighted by molar-refractivity contribution is -0.151. The van der Waals surface area contributed by atoms with Gasteiger partial charge >= 0.3 is 5.97 Å². The van der Waals surface area contributed by atoms with E-state index in [0.717, 1.165) is 17.4 Å². The first-order valence-electron chi connectivity index (χ1n) is 7.10. The Hall–Kier alpha value is -0.870. The third-order valence-electron chi connectivity index (χ3n) is 4.76. The minimum atomic E-state index is -0.658. The highest BCUT2D eigenvalue weighted by atomic mass is 79.9. The molecule has 2 atom stereocenters. The molecule has 1 N–H and O–H groups in total. The van der Waals surface area contributed by atoms with Crippen LogP contribution in [0, 0.1) is 11.3 Å². The lowest BCUT2D eigenvalue weighted by atomic mass is 9.76. The van der Waals surface area contributed by atoms with Crippen molar-refractivity contribution >= 4 is 21.9 Å². The van der Waals surface area contributed by atoms with Gasteiger partial charge in [-0.05, 0) is 37.4 Å². The van der Waals surface area contributed by atoms with Crippen molar-refractivity contribution in [2.75, 3.05) is 13.1 Å². The van der Waals surface area contributed by atoms with Crippen LogP contribution in [0.15, 0.2) is 28.7 Å². The maximum atomic E-state index is 11.7. The van der Waals surface area contributed by atoms with Gasteiger partial charge < -0.3 is 5.11 Å². The van der Waals surface area contributed by atoms with Gasteiger partial charge in [0.15, 0.2) is 0 Å². The van der Waals surface area contributed by atoms with Crippen LogP contribution in [0.4, 0.5) is 0 Å². The molecule has 0 spiro atoms. The second kappa shape index (κ2) is 5.86. The summed E-state index contributed by atoms with van der Waals surface area (Å²) in [4.78, 5) is 14.0. The van der Waals surface area contributed by atoms with Gasteiger partial charge in [-0.15, -0.1) is 0 Å². The van der Waals surface area contributed by atoms with Crippen molar-refractivity contribution in [3.63, 3.8) is 0 Å². The number of likely N-dealkylation sites (tertiary alicyclic amines) is 1. The van der Waals surface area contributed by atoms with Gasteiger partial charge in [-0.2, -0.15) is 0 Å². The van der Waals surface area contributed by atoms with Gasteiger partial charge in [0, 0.05) is 17.1 Å². The largest absolute Gasteiger partial charge is 0.481 e. The molecule has 0 aliphatic carbocycles. The second-order valence-electron chi connectivity index (χ2n) is 6.03. The van der Waals surface area contributed by atoms with Crippen LogP contribution in [0.3, 0.4) is 0 Å². The molecule has 0 bridgehead atoms. The minimum absolute atomic E-state index is 0.149. The summed E-state index contributed by atoms with van der Waals surface area (Å²) in [5.41, 5.74) is 0.618. The maximum Gasteiger partial charge on any atom is 0.311 e. The third kappa shape index (κ3) is 2.63.